The first-order chi connectivity index (χ1) is 14.0. The van der Waals surface area contributed by atoms with Crippen LogP contribution in [0.3, 0.4) is 0 Å². The van der Waals surface area contributed by atoms with E-state index in [1.807, 2.05) is 5.32 Å². The van der Waals surface area contributed by atoms with Gasteiger partial charge >= 0.3 is 11.9 Å². The molecule has 0 bridgehead atoms. The van der Waals surface area contributed by atoms with E-state index in [1.165, 1.54) is 0 Å². The lowest BCUT2D eigenvalue weighted by atomic mass is 10.1. The van der Waals surface area contributed by atoms with Crippen molar-refractivity contribution in [1.82, 2.24) is 16.0 Å². The fraction of sp³-hybridized carbons (Fsp3) is 0.625. The Labute approximate surface area is 171 Å². The molecule has 0 spiro atoms. The molecule has 14 nitrogen and oxygen atoms in total. The van der Waals surface area contributed by atoms with Gasteiger partial charge in [0.15, 0.2) is 0 Å². The van der Waals surface area contributed by atoms with Crippen LogP contribution >= 0.6 is 0 Å². The van der Waals surface area contributed by atoms with Gasteiger partial charge in [-0.2, -0.15) is 0 Å². The molecule has 0 aliphatic heterocycles. The first-order valence-electron chi connectivity index (χ1n) is 9.03. The van der Waals surface area contributed by atoms with Crippen molar-refractivity contribution in [2.24, 2.45) is 17.2 Å². The number of primary amides is 1. The molecule has 0 radical (unpaired) electrons. The second-order valence-electron chi connectivity index (χ2n) is 6.40. The van der Waals surface area contributed by atoms with Crippen molar-refractivity contribution in [3.05, 3.63) is 0 Å². The molecule has 30 heavy (non-hydrogen) atoms. The average molecular weight is 432 g/mol. The van der Waals surface area contributed by atoms with Crippen LogP contribution in [-0.4, -0.2) is 77.0 Å². The minimum atomic E-state index is -1.78. The zero-order chi connectivity index (χ0) is 23.3. The summed E-state index contributed by atoms with van der Waals surface area (Å²) in [6.07, 6.45) is 0.0707. The maximum Gasteiger partial charge on any atom is 0.326 e. The van der Waals surface area contributed by atoms with Crippen LogP contribution in [0.15, 0.2) is 0 Å². The first kappa shape index (κ1) is 26.7. The standard InChI is InChI=1S/C16H28N6O8/c17-4-2-1-3-8(18)14(27)20-7-12(24)21-9(5-11(19)23)15(28)22-10(16(29)30)6-13(25)26/h8-10H,1-7,17-18H2,(H2,19,23)(H,20,27)(H,21,24)(H,22,28)(H,25,26)(H,29,30). The Morgan fingerprint density at radius 2 is 1.50 bits per heavy atom. The number of nitrogens with one attached hydrogen (secondary N) is 3. The maximum atomic E-state index is 12.2. The van der Waals surface area contributed by atoms with E-state index in [2.05, 4.69) is 10.6 Å². The van der Waals surface area contributed by atoms with Crippen molar-refractivity contribution in [1.29, 1.82) is 0 Å². The van der Waals surface area contributed by atoms with E-state index >= 15 is 0 Å². The Hall–Kier alpha value is -3.26. The van der Waals surface area contributed by atoms with Gasteiger partial charge in [-0.1, -0.05) is 6.42 Å². The quantitative estimate of drug-likeness (QED) is 0.116. The van der Waals surface area contributed by atoms with Crippen molar-refractivity contribution in [3.63, 3.8) is 0 Å². The van der Waals surface area contributed by atoms with Gasteiger partial charge < -0.3 is 43.4 Å². The van der Waals surface area contributed by atoms with Gasteiger partial charge in [-0.25, -0.2) is 4.79 Å². The largest absolute Gasteiger partial charge is 0.481 e. The monoisotopic (exact) mass is 432 g/mol. The number of carbonyl (C=O) groups is 6. The third kappa shape index (κ3) is 11.6. The molecule has 0 fully saturated rings. The number of rotatable bonds is 15. The van der Waals surface area contributed by atoms with Crippen LogP contribution in [0.2, 0.25) is 0 Å². The van der Waals surface area contributed by atoms with Gasteiger partial charge in [0.05, 0.1) is 25.4 Å². The highest BCUT2D eigenvalue weighted by atomic mass is 16.4. The van der Waals surface area contributed by atoms with E-state index in [-0.39, 0.29) is 0 Å². The molecule has 0 aromatic heterocycles. The van der Waals surface area contributed by atoms with Crippen LogP contribution in [0.4, 0.5) is 0 Å². The normalized spacial score (nSPS) is 13.4. The Kier molecular flexibility index (Phi) is 12.3. The van der Waals surface area contributed by atoms with Crippen molar-refractivity contribution < 1.29 is 39.0 Å². The van der Waals surface area contributed by atoms with Gasteiger partial charge in [0.2, 0.25) is 23.6 Å². The van der Waals surface area contributed by atoms with Gasteiger partial charge in [-0.3, -0.25) is 24.0 Å². The maximum absolute atomic E-state index is 12.2. The second kappa shape index (κ2) is 13.8. The summed E-state index contributed by atoms with van der Waals surface area (Å²) in [6, 6.07) is -4.21. The van der Waals surface area contributed by atoms with Crippen LogP contribution in [0, 0.1) is 0 Å². The molecule has 0 aromatic rings. The van der Waals surface area contributed by atoms with Gasteiger partial charge in [0, 0.05) is 0 Å². The number of hydrogen-bond acceptors (Lipinski definition) is 8. The summed E-state index contributed by atoms with van der Waals surface area (Å²) in [5, 5.41) is 24.0. The highest BCUT2D eigenvalue weighted by Crippen LogP contribution is 1.99. The smallest absolute Gasteiger partial charge is 0.326 e. The number of carboxylic acid groups (broad SMARTS) is 2. The predicted octanol–water partition coefficient (Wildman–Crippen LogP) is -4.04. The number of nitrogens with two attached hydrogens (primary N) is 3. The summed E-state index contributed by atoms with van der Waals surface area (Å²) < 4.78 is 0. The van der Waals surface area contributed by atoms with Crippen LogP contribution in [0.1, 0.15) is 32.1 Å². The van der Waals surface area contributed by atoms with Crippen molar-refractivity contribution in [2.75, 3.05) is 13.1 Å². The third-order valence-electron chi connectivity index (χ3n) is 3.78. The average Bonchev–Trinajstić information content (AvgIpc) is 2.64. The SMILES string of the molecule is NCCCCC(N)C(=O)NCC(=O)NC(CC(N)=O)C(=O)NC(CC(=O)O)C(=O)O. The molecule has 0 aliphatic carbocycles. The summed E-state index contributed by atoms with van der Waals surface area (Å²) in [4.78, 5) is 68.9. The van der Waals surface area contributed by atoms with Crippen molar-refractivity contribution in [2.45, 2.75) is 50.2 Å². The molecular formula is C16H28N6O8. The summed E-state index contributed by atoms with van der Waals surface area (Å²) in [5.74, 6) is -6.68. The molecule has 0 saturated carbocycles. The fourth-order valence-electron chi connectivity index (χ4n) is 2.24. The topological polar surface area (TPSA) is 257 Å². The highest BCUT2D eigenvalue weighted by molar-refractivity contribution is 5.95. The zero-order valence-corrected chi connectivity index (χ0v) is 16.3. The van der Waals surface area contributed by atoms with E-state index in [4.69, 9.17) is 27.4 Å². The van der Waals surface area contributed by atoms with E-state index < -0.39 is 73.1 Å². The molecule has 4 amide bonds. The Morgan fingerprint density at radius 1 is 0.867 bits per heavy atom. The van der Waals surface area contributed by atoms with E-state index in [9.17, 15) is 28.8 Å². The second-order valence-corrected chi connectivity index (χ2v) is 6.40. The van der Waals surface area contributed by atoms with Crippen molar-refractivity contribution in [3.8, 4) is 0 Å². The van der Waals surface area contributed by atoms with Gasteiger partial charge in [-0.05, 0) is 19.4 Å². The molecule has 0 aromatic carbocycles. The Balaban J connectivity index is 4.83. The van der Waals surface area contributed by atoms with Crippen LogP contribution in [0.25, 0.3) is 0 Å². The lowest BCUT2D eigenvalue weighted by Crippen LogP contribution is -2.55. The molecule has 11 N–H and O–H groups in total. The van der Waals surface area contributed by atoms with Crippen molar-refractivity contribution >= 4 is 35.6 Å². The van der Waals surface area contributed by atoms with Gasteiger partial charge in [0.1, 0.15) is 12.1 Å². The molecule has 0 rings (SSSR count). The minimum Gasteiger partial charge on any atom is -0.481 e. The molecule has 3 unspecified atom stereocenters. The lowest BCUT2D eigenvalue weighted by molar-refractivity contribution is -0.147. The predicted molar refractivity (Wildman–Crippen MR) is 101 cm³/mol. The fourth-order valence-corrected chi connectivity index (χ4v) is 2.24. The molecule has 3 atom stereocenters. The van der Waals surface area contributed by atoms with Crippen LogP contribution in [-0.2, 0) is 28.8 Å². The summed E-state index contributed by atoms with van der Waals surface area (Å²) in [6.45, 7) is -0.112. The summed E-state index contributed by atoms with van der Waals surface area (Å²) in [5.41, 5.74) is 16.0. The highest BCUT2D eigenvalue weighted by Gasteiger charge is 2.29. The van der Waals surface area contributed by atoms with Gasteiger partial charge in [0.25, 0.3) is 0 Å². The molecule has 14 heteroatoms. The number of carbonyl (C=O) groups excluding carboxylic acids is 4. The Bertz CT molecular complexity index is 656. The minimum absolute atomic E-state index is 0.359. The number of carboxylic acids is 2. The number of unbranched alkanes of at least 4 members (excludes halogenated alkanes) is 1. The molecule has 0 saturated heterocycles. The lowest BCUT2D eigenvalue weighted by Gasteiger charge is -2.20. The molecule has 0 aliphatic rings. The summed E-state index contributed by atoms with van der Waals surface area (Å²) in [7, 11) is 0. The first-order valence-corrected chi connectivity index (χ1v) is 9.03. The number of aliphatic carboxylic acids is 2. The number of amides is 4. The van der Waals surface area contributed by atoms with E-state index in [0.717, 1.165) is 0 Å². The molecule has 170 valence electrons. The molecule has 0 heterocycles. The van der Waals surface area contributed by atoms with Gasteiger partial charge in [-0.15, -0.1) is 0 Å². The number of hydrogen-bond donors (Lipinski definition) is 8. The Morgan fingerprint density at radius 3 is 2.00 bits per heavy atom. The van der Waals surface area contributed by atoms with E-state index in [0.29, 0.717) is 25.8 Å². The summed E-state index contributed by atoms with van der Waals surface area (Å²) >= 11 is 0. The van der Waals surface area contributed by atoms with Crippen LogP contribution in [0.5, 0.6) is 0 Å². The van der Waals surface area contributed by atoms with Crippen LogP contribution < -0.4 is 33.2 Å². The van der Waals surface area contributed by atoms with E-state index in [1.54, 1.807) is 0 Å². The molecular weight excluding hydrogens is 404 g/mol. The zero-order valence-electron chi connectivity index (χ0n) is 16.3. The third-order valence-corrected chi connectivity index (χ3v) is 3.78.